The number of ether oxygens (including phenoxy) is 2. The number of benzene rings is 1. The van der Waals surface area contributed by atoms with Gasteiger partial charge in [0.2, 0.25) is 5.88 Å². The largest absolute Gasteiger partial charge is 0.477 e. The summed E-state index contributed by atoms with van der Waals surface area (Å²) in [4.78, 5) is 19.8. The second kappa shape index (κ2) is 8.56. The van der Waals surface area contributed by atoms with Crippen LogP contribution in [0.4, 0.5) is 4.79 Å². The van der Waals surface area contributed by atoms with Crippen molar-refractivity contribution in [2.45, 2.75) is 58.1 Å². The highest BCUT2D eigenvalue weighted by atomic mass is 16.6. The SMILES string of the molecule is CC1(C)Cc2cc(-c3ccc(OCC4CC4)nc3)ccc2[C@@H]1NC(=O)O[C@@H]1CN2CCC1CC2. The summed E-state index contributed by atoms with van der Waals surface area (Å²) in [6.45, 7) is 8.38. The first-order valence-corrected chi connectivity index (χ1v) is 12.9. The number of aromatic nitrogens is 1. The van der Waals surface area contributed by atoms with Crippen molar-refractivity contribution < 1.29 is 14.3 Å². The molecule has 34 heavy (non-hydrogen) atoms. The minimum Gasteiger partial charge on any atom is -0.477 e. The number of hydrogen-bond donors (Lipinski definition) is 1. The van der Waals surface area contributed by atoms with Crippen LogP contribution in [0.2, 0.25) is 0 Å². The zero-order valence-electron chi connectivity index (χ0n) is 20.3. The summed E-state index contributed by atoms with van der Waals surface area (Å²) < 4.78 is 11.7. The van der Waals surface area contributed by atoms with Crippen LogP contribution in [0.5, 0.6) is 5.88 Å². The molecule has 4 heterocycles. The van der Waals surface area contributed by atoms with Gasteiger partial charge in [-0.05, 0) is 85.2 Å². The van der Waals surface area contributed by atoms with Crippen LogP contribution < -0.4 is 10.1 Å². The van der Waals surface area contributed by atoms with Gasteiger partial charge in [0.1, 0.15) is 6.10 Å². The molecule has 6 nitrogen and oxygen atoms in total. The Morgan fingerprint density at radius 1 is 1.12 bits per heavy atom. The van der Waals surface area contributed by atoms with E-state index < -0.39 is 0 Å². The molecule has 7 rings (SSSR count). The Morgan fingerprint density at radius 3 is 2.59 bits per heavy atom. The van der Waals surface area contributed by atoms with Crippen molar-refractivity contribution >= 4 is 6.09 Å². The topological polar surface area (TPSA) is 63.7 Å². The third-order valence-corrected chi connectivity index (χ3v) is 8.23. The standard InChI is InChI=1S/C28H35N3O3/c1-28(2)14-22-13-20(21-6-8-25(29-15-21)33-17-18-3-4-18)5-7-23(22)26(28)30-27(32)34-24-16-31-11-9-19(24)10-12-31/h5-8,13,15,18-19,24,26H,3-4,9-12,14,16-17H2,1-2H3,(H,30,32)/t24-,26+/m1/s1. The van der Waals surface area contributed by atoms with Crippen molar-refractivity contribution in [1.29, 1.82) is 0 Å². The smallest absolute Gasteiger partial charge is 0.407 e. The Balaban J connectivity index is 1.14. The second-order valence-corrected chi connectivity index (χ2v) is 11.4. The highest BCUT2D eigenvalue weighted by Gasteiger charge is 2.42. The summed E-state index contributed by atoms with van der Waals surface area (Å²) in [6, 6.07) is 10.5. The summed E-state index contributed by atoms with van der Waals surface area (Å²) >= 11 is 0. The molecular formula is C28H35N3O3. The molecule has 0 unspecified atom stereocenters. The van der Waals surface area contributed by atoms with E-state index in [-0.39, 0.29) is 23.7 Å². The third kappa shape index (κ3) is 4.40. The Kier molecular flexibility index (Phi) is 5.51. The average Bonchev–Trinajstić information content (AvgIpc) is 3.63. The van der Waals surface area contributed by atoms with E-state index in [4.69, 9.17) is 9.47 Å². The normalized spacial score (nSPS) is 28.9. The van der Waals surface area contributed by atoms with Gasteiger partial charge >= 0.3 is 6.09 Å². The van der Waals surface area contributed by atoms with Gasteiger partial charge in [0.25, 0.3) is 0 Å². The number of carbonyl (C=O) groups excluding carboxylic acids is 1. The molecule has 1 aromatic carbocycles. The van der Waals surface area contributed by atoms with E-state index >= 15 is 0 Å². The molecule has 4 fully saturated rings. The van der Waals surface area contributed by atoms with E-state index in [0.717, 1.165) is 62.5 Å². The minimum atomic E-state index is -0.278. The molecule has 6 heteroatoms. The van der Waals surface area contributed by atoms with Gasteiger partial charge in [-0.3, -0.25) is 4.90 Å². The van der Waals surface area contributed by atoms with Gasteiger partial charge in [0.05, 0.1) is 12.6 Å². The van der Waals surface area contributed by atoms with Crippen LogP contribution in [0.15, 0.2) is 36.5 Å². The maximum absolute atomic E-state index is 12.9. The van der Waals surface area contributed by atoms with Gasteiger partial charge in [-0.15, -0.1) is 0 Å². The summed E-state index contributed by atoms with van der Waals surface area (Å²) in [5.41, 5.74) is 4.62. The van der Waals surface area contributed by atoms with Crippen LogP contribution in [0.3, 0.4) is 0 Å². The van der Waals surface area contributed by atoms with Gasteiger partial charge in [-0.2, -0.15) is 0 Å². The average molecular weight is 462 g/mol. The van der Waals surface area contributed by atoms with Crippen molar-refractivity contribution in [1.82, 2.24) is 15.2 Å². The molecule has 2 bridgehead atoms. The van der Waals surface area contributed by atoms with E-state index in [1.807, 2.05) is 12.3 Å². The number of hydrogen-bond acceptors (Lipinski definition) is 5. The highest BCUT2D eigenvalue weighted by molar-refractivity contribution is 5.70. The predicted octanol–water partition coefficient (Wildman–Crippen LogP) is 4.98. The third-order valence-electron chi connectivity index (χ3n) is 8.23. The minimum absolute atomic E-state index is 0.0255. The number of fused-ring (bicyclic) bond motifs is 4. The molecule has 1 amide bonds. The van der Waals surface area contributed by atoms with E-state index in [2.05, 4.69) is 53.3 Å². The number of alkyl carbamates (subject to hydrolysis) is 1. The second-order valence-electron chi connectivity index (χ2n) is 11.4. The molecule has 3 saturated heterocycles. The number of pyridine rings is 1. The molecule has 5 aliphatic rings. The van der Waals surface area contributed by atoms with Crippen LogP contribution >= 0.6 is 0 Å². The number of nitrogens with zero attached hydrogens (tertiary/aromatic N) is 2. The van der Waals surface area contributed by atoms with Crippen LogP contribution in [0.1, 0.15) is 56.7 Å². The maximum Gasteiger partial charge on any atom is 0.407 e. The lowest BCUT2D eigenvalue weighted by Crippen LogP contribution is -2.53. The molecular weight excluding hydrogens is 426 g/mol. The van der Waals surface area contributed by atoms with Crippen molar-refractivity contribution in [2.75, 3.05) is 26.2 Å². The van der Waals surface area contributed by atoms with Crippen molar-refractivity contribution in [3.8, 4) is 17.0 Å². The van der Waals surface area contributed by atoms with Crippen LogP contribution in [-0.4, -0.2) is 48.3 Å². The Bertz CT molecular complexity index is 1060. The first kappa shape index (κ1) is 21.9. The molecule has 0 radical (unpaired) electrons. The quantitative estimate of drug-likeness (QED) is 0.657. The summed E-state index contributed by atoms with van der Waals surface area (Å²) in [5, 5.41) is 3.22. The van der Waals surface area contributed by atoms with Crippen LogP contribution in [-0.2, 0) is 11.2 Å². The van der Waals surface area contributed by atoms with Gasteiger partial charge in [0.15, 0.2) is 0 Å². The van der Waals surface area contributed by atoms with Crippen LogP contribution in [0, 0.1) is 17.3 Å². The van der Waals surface area contributed by atoms with Gasteiger partial charge in [0, 0.05) is 24.4 Å². The number of piperidine rings is 3. The zero-order chi connectivity index (χ0) is 23.3. The maximum atomic E-state index is 12.9. The fraction of sp³-hybridized carbons (Fsp3) is 0.571. The lowest BCUT2D eigenvalue weighted by atomic mass is 9.85. The Morgan fingerprint density at radius 2 is 1.91 bits per heavy atom. The first-order chi connectivity index (χ1) is 16.4. The number of nitrogens with one attached hydrogen (secondary N) is 1. The van der Waals surface area contributed by atoms with E-state index in [0.29, 0.717) is 11.8 Å². The lowest BCUT2D eigenvalue weighted by molar-refractivity contribution is -0.0348. The van der Waals surface area contributed by atoms with Crippen LogP contribution in [0.25, 0.3) is 11.1 Å². The number of carbonyl (C=O) groups is 1. The van der Waals surface area contributed by atoms with Gasteiger partial charge < -0.3 is 14.8 Å². The predicted molar refractivity (Wildman–Crippen MR) is 131 cm³/mol. The summed E-state index contributed by atoms with van der Waals surface area (Å²) in [5.74, 6) is 1.93. The molecule has 1 N–H and O–H groups in total. The first-order valence-electron chi connectivity index (χ1n) is 12.9. The van der Waals surface area contributed by atoms with Gasteiger partial charge in [-0.1, -0.05) is 32.0 Å². The fourth-order valence-corrected chi connectivity index (χ4v) is 5.96. The lowest BCUT2D eigenvalue weighted by Gasteiger charge is -2.44. The molecule has 1 aromatic heterocycles. The molecule has 180 valence electrons. The molecule has 2 aliphatic carbocycles. The van der Waals surface area contributed by atoms with E-state index in [1.165, 1.54) is 24.0 Å². The Labute approximate surface area is 202 Å². The van der Waals surface area contributed by atoms with Gasteiger partial charge in [-0.25, -0.2) is 9.78 Å². The van der Waals surface area contributed by atoms with E-state index in [9.17, 15) is 4.79 Å². The number of amides is 1. The number of rotatable bonds is 6. The van der Waals surface area contributed by atoms with Crippen molar-refractivity contribution in [2.24, 2.45) is 17.3 Å². The fourth-order valence-electron chi connectivity index (χ4n) is 5.96. The van der Waals surface area contributed by atoms with E-state index in [1.54, 1.807) is 0 Å². The summed E-state index contributed by atoms with van der Waals surface area (Å²) in [7, 11) is 0. The Hall–Kier alpha value is -2.60. The van der Waals surface area contributed by atoms with Crippen molar-refractivity contribution in [3.63, 3.8) is 0 Å². The molecule has 1 saturated carbocycles. The zero-order valence-corrected chi connectivity index (χ0v) is 20.3. The summed E-state index contributed by atoms with van der Waals surface area (Å²) in [6.07, 6.45) is 7.38. The monoisotopic (exact) mass is 461 g/mol. The molecule has 2 atom stereocenters. The molecule has 3 aliphatic heterocycles. The highest BCUT2D eigenvalue weighted by Crippen LogP contribution is 2.46. The molecule has 0 spiro atoms. The van der Waals surface area contributed by atoms with Crippen molar-refractivity contribution in [3.05, 3.63) is 47.7 Å². The molecule has 2 aromatic rings.